The summed E-state index contributed by atoms with van der Waals surface area (Å²) in [6.07, 6.45) is 2.89. The van der Waals surface area contributed by atoms with Crippen LogP contribution in [0.25, 0.3) is 0 Å². The van der Waals surface area contributed by atoms with Gasteiger partial charge in [0.05, 0.1) is 22.8 Å². The fourth-order valence-electron chi connectivity index (χ4n) is 3.05. The summed E-state index contributed by atoms with van der Waals surface area (Å²) < 4.78 is 33.2. The predicted octanol–water partition coefficient (Wildman–Crippen LogP) is 4.80. The lowest BCUT2D eigenvalue weighted by Crippen LogP contribution is -2.34. The lowest BCUT2D eigenvalue weighted by atomic mass is 10.1. The minimum atomic E-state index is -1.11. The van der Waals surface area contributed by atoms with Gasteiger partial charge in [-0.3, -0.25) is 0 Å². The standard InChI is InChI=1S/C19H16Cl2FN3O3/c1-12-8-26-19(28-12,9-25-11-23-10-24-25)14-6-5-13(7-16(14)21)27-18-15(20)3-2-4-17(18)22/h2-7,10-12H,8-9H2,1H3. The molecule has 28 heavy (non-hydrogen) atoms. The first-order valence-electron chi connectivity index (χ1n) is 8.53. The van der Waals surface area contributed by atoms with E-state index in [9.17, 15) is 4.39 Å². The molecule has 1 fully saturated rings. The van der Waals surface area contributed by atoms with Gasteiger partial charge in [-0.05, 0) is 37.3 Å². The average molecular weight is 424 g/mol. The predicted molar refractivity (Wildman–Crippen MR) is 101 cm³/mol. The summed E-state index contributed by atoms with van der Waals surface area (Å²) in [5.41, 5.74) is 0.612. The number of rotatable bonds is 5. The third-order valence-corrected chi connectivity index (χ3v) is 4.88. The molecule has 6 nitrogen and oxygen atoms in total. The van der Waals surface area contributed by atoms with E-state index in [4.69, 9.17) is 37.4 Å². The number of hydrogen-bond donors (Lipinski definition) is 0. The Kier molecular flexibility index (Phi) is 5.25. The van der Waals surface area contributed by atoms with Crippen molar-refractivity contribution >= 4 is 23.2 Å². The second-order valence-corrected chi connectivity index (χ2v) is 7.19. The van der Waals surface area contributed by atoms with Gasteiger partial charge in [-0.25, -0.2) is 14.1 Å². The molecule has 0 amide bonds. The molecule has 0 saturated carbocycles. The van der Waals surface area contributed by atoms with Crippen LogP contribution in [0.5, 0.6) is 11.5 Å². The fourth-order valence-corrected chi connectivity index (χ4v) is 3.56. The zero-order valence-electron chi connectivity index (χ0n) is 14.8. The Balaban J connectivity index is 1.66. The molecule has 3 aromatic rings. The molecule has 146 valence electrons. The van der Waals surface area contributed by atoms with Crippen molar-refractivity contribution in [2.75, 3.05) is 6.61 Å². The minimum Gasteiger partial charge on any atom is -0.453 e. The monoisotopic (exact) mass is 423 g/mol. The number of para-hydroxylation sites is 1. The van der Waals surface area contributed by atoms with Gasteiger partial charge in [-0.2, -0.15) is 5.10 Å². The molecule has 0 spiro atoms. The minimum absolute atomic E-state index is 0.0627. The Bertz CT molecular complexity index is 966. The average Bonchev–Trinajstić information content (AvgIpc) is 3.29. The van der Waals surface area contributed by atoms with E-state index >= 15 is 0 Å². The van der Waals surface area contributed by atoms with Gasteiger partial charge in [-0.15, -0.1) is 0 Å². The van der Waals surface area contributed by atoms with Crippen LogP contribution in [0.15, 0.2) is 49.1 Å². The molecule has 1 saturated heterocycles. The molecule has 0 radical (unpaired) electrons. The van der Waals surface area contributed by atoms with Crippen LogP contribution >= 0.6 is 23.2 Å². The van der Waals surface area contributed by atoms with Gasteiger partial charge < -0.3 is 14.2 Å². The van der Waals surface area contributed by atoms with E-state index in [1.54, 1.807) is 35.3 Å². The highest BCUT2D eigenvalue weighted by atomic mass is 35.5. The lowest BCUT2D eigenvalue weighted by molar-refractivity contribution is -0.186. The highest BCUT2D eigenvalue weighted by molar-refractivity contribution is 6.32. The van der Waals surface area contributed by atoms with Gasteiger partial charge >= 0.3 is 0 Å². The molecule has 2 heterocycles. The molecule has 4 rings (SSSR count). The van der Waals surface area contributed by atoms with E-state index in [2.05, 4.69) is 10.1 Å². The van der Waals surface area contributed by atoms with Gasteiger partial charge in [0, 0.05) is 5.56 Å². The Hall–Kier alpha value is -2.19. The summed E-state index contributed by atoms with van der Waals surface area (Å²) in [4.78, 5) is 3.95. The normalized spacial score (nSPS) is 21.8. The molecule has 2 unspecified atom stereocenters. The van der Waals surface area contributed by atoms with Gasteiger partial charge in [0.25, 0.3) is 0 Å². The van der Waals surface area contributed by atoms with E-state index < -0.39 is 11.6 Å². The number of aromatic nitrogens is 3. The van der Waals surface area contributed by atoms with Crippen molar-refractivity contribution in [2.24, 2.45) is 0 Å². The quantitative estimate of drug-likeness (QED) is 0.589. The largest absolute Gasteiger partial charge is 0.453 e. The van der Waals surface area contributed by atoms with Crippen LogP contribution in [0.3, 0.4) is 0 Å². The van der Waals surface area contributed by atoms with Crippen LogP contribution in [-0.2, 0) is 21.8 Å². The second-order valence-electron chi connectivity index (χ2n) is 6.38. The Morgan fingerprint density at radius 3 is 2.79 bits per heavy atom. The maximum Gasteiger partial charge on any atom is 0.217 e. The molecule has 1 aromatic heterocycles. The topological polar surface area (TPSA) is 58.4 Å². The van der Waals surface area contributed by atoms with Crippen molar-refractivity contribution < 1.29 is 18.6 Å². The summed E-state index contributed by atoms with van der Waals surface area (Å²) in [5, 5.41) is 4.63. The lowest BCUT2D eigenvalue weighted by Gasteiger charge is -2.29. The Morgan fingerprint density at radius 1 is 1.29 bits per heavy atom. The van der Waals surface area contributed by atoms with Crippen LogP contribution in [-0.4, -0.2) is 27.5 Å². The smallest absolute Gasteiger partial charge is 0.217 e. The van der Waals surface area contributed by atoms with Crippen molar-refractivity contribution in [1.82, 2.24) is 14.8 Å². The third-order valence-electron chi connectivity index (χ3n) is 4.27. The number of benzene rings is 2. The molecule has 2 atom stereocenters. The molecule has 1 aliphatic heterocycles. The molecule has 1 aliphatic rings. The summed E-state index contributed by atoms with van der Waals surface area (Å²) in [6.45, 7) is 2.60. The van der Waals surface area contributed by atoms with Crippen molar-refractivity contribution in [3.8, 4) is 11.5 Å². The van der Waals surface area contributed by atoms with Crippen molar-refractivity contribution in [2.45, 2.75) is 25.4 Å². The van der Waals surface area contributed by atoms with Crippen LogP contribution in [0.2, 0.25) is 10.0 Å². The maximum atomic E-state index is 14.0. The van der Waals surface area contributed by atoms with Gasteiger partial charge in [0.1, 0.15) is 24.9 Å². The number of ether oxygens (including phenoxy) is 3. The third kappa shape index (κ3) is 3.71. The van der Waals surface area contributed by atoms with Crippen molar-refractivity contribution in [1.29, 1.82) is 0 Å². The Labute approximate surface area is 170 Å². The SMILES string of the molecule is CC1COC(Cn2cncn2)(c2ccc(Oc3c(F)cccc3Cl)cc2Cl)O1. The molecule has 0 bridgehead atoms. The molecule has 2 aromatic carbocycles. The second kappa shape index (κ2) is 7.67. The van der Waals surface area contributed by atoms with Gasteiger partial charge in [0.15, 0.2) is 11.6 Å². The number of nitrogens with zero attached hydrogens (tertiary/aromatic N) is 3. The Morgan fingerprint density at radius 2 is 2.14 bits per heavy atom. The summed E-state index contributed by atoms with van der Waals surface area (Å²) in [7, 11) is 0. The number of hydrogen-bond acceptors (Lipinski definition) is 5. The maximum absolute atomic E-state index is 14.0. The van der Waals surface area contributed by atoms with Crippen LogP contribution in [0.1, 0.15) is 12.5 Å². The van der Waals surface area contributed by atoms with E-state index in [0.717, 1.165) is 0 Å². The van der Waals surface area contributed by atoms with Crippen LogP contribution in [0.4, 0.5) is 4.39 Å². The molecular formula is C19H16Cl2FN3O3. The zero-order chi connectivity index (χ0) is 19.7. The highest BCUT2D eigenvalue weighted by Gasteiger charge is 2.44. The first-order chi connectivity index (χ1) is 13.5. The summed E-state index contributed by atoms with van der Waals surface area (Å²) in [5.74, 6) is -1.40. The van der Waals surface area contributed by atoms with Crippen LogP contribution < -0.4 is 4.74 Å². The van der Waals surface area contributed by atoms with Gasteiger partial charge in [-0.1, -0.05) is 29.3 Å². The van der Waals surface area contributed by atoms with Gasteiger partial charge in [0.2, 0.25) is 5.79 Å². The number of halogens is 3. The summed E-state index contributed by atoms with van der Waals surface area (Å²) in [6, 6.07) is 9.27. The summed E-state index contributed by atoms with van der Waals surface area (Å²) >= 11 is 12.5. The van der Waals surface area contributed by atoms with E-state index in [-0.39, 0.29) is 23.4 Å². The molecule has 0 N–H and O–H groups in total. The molecule has 9 heteroatoms. The fraction of sp³-hybridized carbons (Fsp3) is 0.263. The van der Waals surface area contributed by atoms with E-state index in [1.807, 2.05) is 6.92 Å². The first kappa shape index (κ1) is 19.1. The first-order valence-corrected chi connectivity index (χ1v) is 9.28. The molecular weight excluding hydrogens is 408 g/mol. The zero-order valence-corrected chi connectivity index (χ0v) is 16.3. The van der Waals surface area contributed by atoms with E-state index in [1.165, 1.54) is 18.5 Å². The van der Waals surface area contributed by atoms with Crippen LogP contribution in [0, 0.1) is 5.82 Å². The van der Waals surface area contributed by atoms with Crippen molar-refractivity contribution in [3.63, 3.8) is 0 Å². The highest BCUT2D eigenvalue weighted by Crippen LogP contribution is 2.41. The van der Waals surface area contributed by atoms with E-state index in [0.29, 0.717) is 22.9 Å². The molecule has 0 aliphatic carbocycles. The van der Waals surface area contributed by atoms with Crippen molar-refractivity contribution in [3.05, 3.63) is 70.5 Å².